The lowest BCUT2D eigenvalue weighted by Gasteiger charge is -2.23. The Morgan fingerprint density at radius 1 is 1.24 bits per heavy atom. The van der Waals surface area contributed by atoms with Gasteiger partial charge in [0.2, 0.25) is 0 Å². The number of nitrogens with one attached hydrogen (secondary N) is 1. The van der Waals surface area contributed by atoms with Gasteiger partial charge in [-0.2, -0.15) is 0 Å². The molecule has 21 heavy (non-hydrogen) atoms. The maximum atomic E-state index is 12.2. The van der Waals surface area contributed by atoms with E-state index in [0.717, 1.165) is 5.56 Å². The van der Waals surface area contributed by atoms with Crippen molar-refractivity contribution >= 4 is 12.0 Å². The number of hydrogen-bond acceptors (Lipinski definition) is 2. The average molecular weight is 292 g/mol. The monoisotopic (exact) mass is 292 g/mol. The Morgan fingerprint density at radius 2 is 1.86 bits per heavy atom. The fraction of sp³-hybridized carbons (Fsp3) is 0.500. The molecule has 1 rings (SSSR count). The van der Waals surface area contributed by atoms with Gasteiger partial charge >= 0.3 is 12.0 Å². The summed E-state index contributed by atoms with van der Waals surface area (Å²) in [5.74, 6) is -1.47. The van der Waals surface area contributed by atoms with Crippen molar-refractivity contribution in [3.63, 3.8) is 0 Å². The first-order chi connectivity index (χ1) is 9.95. The van der Waals surface area contributed by atoms with Gasteiger partial charge in [-0.25, -0.2) is 4.79 Å². The minimum Gasteiger partial charge on any atom is -0.481 e. The second-order valence-electron chi connectivity index (χ2n) is 5.37. The third-order valence-corrected chi connectivity index (χ3v) is 3.48. The number of nitrogens with zero attached hydrogens (tertiary/aromatic N) is 1. The number of hydrogen-bond donors (Lipinski definition) is 2. The van der Waals surface area contributed by atoms with Crippen LogP contribution >= 0.6 is 0 Å². The van der Waals surface area contributed by atoms with Gasteiger partial charge < -0.3 is 15.3 Å². The van der Waals surface area contributed by atoms with Crippen molar-refractivity contribution in [3.05, 3.63) is 35.9 Å². The standard InChI is InChI=1S/C16H24N2O3/c1-4-18(11-13-8-6-5-7-9-13)16(21)17-10-14(12(2)3)15(19)20/h5-9,12,14H,4,10-11H2,1-3H3,(H,17,21)(H,19,20). The molecule has 5 nitrogen and oxygen atoms in total. The molecule has 0 bridgehead atoms. The Morgan fingerprint density at radius 3 is 2.33 bits per heavy atom. The summed E-state index contributed by atoms with van der Waals surface area (Å²) in [6.07, 6.45) is 0. The summed E-state index contributed by atoms with van der Waals surface area (Å²) in [6, 6.07) is 9.49. The molecule has 1 atom stereocenters. The van der Waals surface area contributed by atoms with E-state index in [2.05, 4.69) is 5.32 Å². The maximum Gasteiger partial charge on any atom is 0.317 e. The van der Waals surface area contributed by atoms with Gasteiger partial charge in [-0.1, -0.05) is 44.2 Å². The minimum absolute atomic E-state index is 0.0213. The molecule has 0 saturated carbocycles. The summed E-state index contributed by atoms with van der Waals surface area (Å²) < 4.78 is 0. The Labute approximate surface area is 126 Å². The van der Waals surface area contributed by atoms with E-state index in [1.807, 2.05) is 51.1 Å². The molecule has 5 heteroatoms. The van der Waals surface area contributed by atoms with Crippen molar-refractivity contribution in [3.8, 4) is 0 Å². The first kappa shape index (κ1) is 17.0. The highest BCUT2D eigenvalue weighted by Gasteiger charge is 2.23. The van der Waals surface area contributed by atoms with Crippen molar-refractivity contribution in [1.82, 2.24) is 10.2 Å². The van der Waals surface area contributed by atoms with E-state index in [4.69, 9.17) is 5.11 Å². The van der Waals surface area contributed by atoms with Crippen LogP contribution in [-0.2, 0) is 11.3 Å². The van der Waals surface area contributed by atoms with E-state index in [1.54, 1.807) is 4.90 Å². The van der Waals surface area contributed by atoms with Crippen molar-refractivity contribution in [2.75, 3.05) is 13.1 Å². The summed E-state index contributed by atoms with van der Waals surface area (Å²) in [5.41, 5.74) is 1.05. The van der Waals surface area contributed by atoms with E-state index in [0.29, 0.717) is 13.1 Å². The van der Waals surface area contributed by atoms with Gasteiger partial charge in [0, 0.05) is 19.6 Å². The minimum atomic E-state index is -0.878. The first-order valence-corrected chi connectivity index (χ1v) is 7.25. The van der Waals surface area contributed by atoms with Crippen LogP contribution in [0.4, 0.5) is 4.79 Å². The predicted octanol–water partition coefficient (Wildman–Crippen LogP) is 2.57. The molecule has 0 aliphatic heterocycles. The SMILES string of the molecule is CCN(Cc1ccccc1)C(=O)NCC(C(=O)O)C(C)C. The number of amides is 2. The van der Waals surface area contributed by atoms with Crippen LogP contribution in [0.1, 0.15) is 26.3 Å². The van der Waals surface area contributed by atoms with Crippen molar-refractivity contribution in [2.24, 2.45) is 11.8 Å². The van der Waals surface area contributed by atoms with E-state index >= 15 is 0 Å². The molecule has 0 aromatic heterocycles. The molecule has 1 unspecified atom stereocenters. The summed E-state index contributed by atoms with van der Waals surface area (Å²) in [7, 11) is 0. The van der Waals surface area contributed by atoms with E-state index in [1.165, 1.54) is 0 Å². The Bertz CT molecular complexity index is 460. The van der Waals surface area contributed by atoms with Crippen molar-refractivity contribution in [2.45, 2.75) is 27.3 Å². The normalized spacial score (nSPS) is 12.0. The number of carboxylic acid groups (broad SMARTS) is 1. The molecule has 0 fully saturated rings. The van der Waals surface area contributed by atoms with Crippen molar-refractivity contribution in [1.29, 1.82) is 0 Å². The summed E-state index contributed by atoms with van der Waals surface area (Å²) in [5, 5.41) is 11.8. The molecule has 0 aliphatic rings. The fourth-order valence-electron chi connectivity index (χ4n) is 2.05. The smallest absolute Gasteiger partial charge is 0.317 e. The first-order valence-electron chi connectivity index (χ1n) is 7.25. The van der Waals surface area contributed by atoms with Gasteiger partial charge in [0.15, 0.2) is 0 Å². The van der Waals surface area contributed by atoms with Crippen LogP contribution in [-0.4, -0.2) is 35.1 Å². The maximum absolute atomic E-state index is 12.2. The third-order valence-electron chi connectivity index (χ3n) is 3.48. The zero-order valence-corrected chi connectivity index (χ0v) is 12.9. The van der Waals surface area contributed by atoms with Gasteiger partial charge in [-0.3, -0.25) is 4.79 Å². The molecule has 0 saturated heterocycles. The van der Waals surface area contributed by atoms with Crippen LogP contribution in [0.2, 0.25) is 0 Å². The van der Waals surface area contributed by atoms with E-state index < -0.39 is 11.9 Å². The van der Waals surface area contributed by atoms with Crippen LogP contribution in [0.25, 0.3) is 0 Å². The van der Waals surface area contributed by atoms with Crippen LogP contribution in [0.5, 0.6) is 0 Å². The molecular weight excluding hydrogens is 268 g/mol. The molecule has 0 radical (unpaired) electrons. The second kappa shape index (κ2) is 8.29. The number of aliphatic carboxylic acids is 1. The second-order valence-corrected chi connectivity index (χ2v) is 5.37. The largest absolute Gasteiger partial charge is 0.481 e. The van der Waals surface area contributed by atoms with Gasteiger partial charge in [-0.05, 0) is 18.4 Å². The van der Waals surface area contributed by atoms with E-state index in [9.17, 15) is 9.59 Å². The lowest BCUT2D eigenvalue weighted by Crippen LogP contribution is -2.43. The van der Waals surface area contributed by atoms with Gasteiger partial charge in [0.05, 0.1) is 5.92 Å². The van der Waals surface area contributed by atoms with Crippen LogP contribution < -0.4 is 5.32 Å². The Balaban J connectivity index is 2.57. The molecule has 0 heterocycles. The quantitative estimate of drug-likeness (QED) is 0.811. The number of benzene rings is 1. The molecule has 1 aromatic rings. The average Bonchev–Trinajstić information content (AvgIpc) is 2.45. The predicted molar refractivity (Wildman–Crippen MR) is 81.9 cm³/mol. The zero-order chi connectivity index (χ0) is 15.8. The summed E-state index contributed by atoms with van der Waals surface area (Å²) >= 11 is 0. The topological polar surface area (TPSA) is 69.6 Å². The highest BCUT2D eigenvalue weighted by molar-refractivity contribution is 5.76. The van der Waals surface area contributed by atoms with Crippen molar-refractivity contribution < 1.29 is 14.7 Å². The Hall–Kier alpha value is -2.04. The summed E-state index contributed by atoms with van der Waals surface area (Å²) in [4.78, 5) is 24.9. The molecule has 2 N–H and O–H groups in total. The number of rotatable bonds is 7. The molecule has 0 aliphatic carbocycles. The number of carboxylic acids is 1. The zero-order valence-electron chi connectivity index (χ0n) is 12.9. The van der Waals surface area contributed by atoms with Gasteiger partial charge in [0.25, 0.3) is 0 Å². The number of carbonyl (C=O) groups excluding carboxylic acids is 1. The molecular formula is C16H24N2O3. The molecule has 116 valence electrons. The molecule has 2 amide bonds. The van der Waals surface area contributed by atoms with Gasteiger partial charge in [0.1, 0.15) is 0 Å². The van der Waals surface area contributed by atoms with Crippen LogP contribution in [0.15, 0.2) is 30.3 Å². The van der Waals surface area contributed by atoms with Crippen LogP contribution in [0.3, 0.4) is 0 Å². The number of urea groups is 1. The highest BCUT2D eigenvalue weighted by Crippen LogP contribution is 2.10. The van der Waals surface area contributed by atoms with E-state index in [-0.39, 0.29) is 18.5 Å². The van der Waals surface area contributed by atoms with Crippen LogP contribution in [0, 0.1) is 11.8 Å². The summed E-state index contributed by atoms with van der Waals surface area (Å²) in [6.45, 7) is 6.82. The fourth-order valence-corrected chi connectivity index (χ4v) is 2.05. The van der Waals surface area contributed by atoms with Gasteiger partial charge in [-0.15, -0.1) is 0 Å². The lowest BCUT2D eigenvalue weighted by molar-refractivity contribution is -0.142. The lowest BCUT2D eigenvalue weighted by atomic mass is 9.96. The Kier molecular flexibility index (Phi) is 6.72. The number of carbonyl (C=O) groups is 2. The third kappa shape index (κ3) is 5.45. The molecule has 0 spiro atoms. The molecule has 1 aromatic carbocycles. The highest BCUT2D eigenvalue weighted by atomic mass is 16.4.